The SMILES string of the molecule is Cc1ccc(S(=O)(=O)CC(=O)c2ccc(I)cc2)cc1C. The lowest BCUT2D eigenvalue weighted by atomic mass is 10.1. The van der Waals surface area contributed by atoms with Gasteiger partial charge in [0.2, 0.25) is 0 Å². The fourth-order valence-corrected chi connectivity index (χ4v) is 3.55. The number of Topliss-reactive ketones (excluding diaryl/α,β-unsaturated/α-hetero) is 1. The summed E-state index contributed by atoms with van der Waals surface area (Å²) in [6.45, 7) is 3.78. The van der Waals surface area contributed by atoms with Gasteiger partial charge in [0.15, 0.2) is 15.6 Å². The third kappa shape index (κ3) is 3.91. The number of ketones is 1. The molecule has 0 radical (unpaired) electrons. The van der Waals surface area contributed by atoms with Crippen molar-refractivity contribution in [2.45, 2.75) is 18.7 Å². The van der Waals surface area contributed by atoms with Gasteiger partial charge in [0.25, 0.3) is 0 Å². The Balaban J connectivity index is 2.26. The van der Waals surface area contributed by atoms with Gasteiger partial charge in [-0.25, -0.2) is 8.42 Å². The summed E-state index contributed by atoms with van der Waals surface area (Å²) in [5.41, 5.74) is 2.35. The molecule has 0 aliphatic carbocycles. The molecule has 0 saturated heterocycles. The summed E-state index contributed by atoms with van der Waals surface area (Å²) in [4.78, 5) is 12.3. The van der Waals surface area contributed by atoms with Gasteiger partial charge in [-0.1, -0.05) is 18.2 Å². The first-order chi connectivity index (χ1) is 9.79. The number of halogens is 1. The van der Waals surface area contributed by atoms with E-state index in [4.69, 9.17) is 0 Å². The molecule has 2 aromatic rings. The summed E-state index contributed by atoms with van der Waals surface area (Å²) >= 11 is 2.13. The zero-order chi connectivity index (χ0) is 15.6. The quantitative estimate of drug-likeness (QED) is 0.568. The van der Waals surface area contributed by atoms with Crippen LogP contribution in [0.3, 0.4) is 0 Å². The largest absolute Gasteiger partial charge is 0.293 e. The second kappa shape index (κ2) is 6.27. The van der Waals surface area contributed by atoms with Crippen LogP contribution in [-0.2, 0) is 9.84 Å². The molecule has 0 spiro atoms. The maximum Gasteiger partial charge on any atom is 0.185 e. The van der Waals surface area contributed by atoms with E-state index in [0.717, 1.165) is 14.7 Å². The van der Waals surface area contributed by atoms with E-state index >= 15 is 0 Å². The number of hydrogen-bond donors (Lipinski definition) is 0. The van der Waals surface area contributed by atoms with E-state index in [0.29, 0.717) is 5.56 Å². The molecular formula is C16H15IO3S. The van der Waals surface area contributed by atoms with Crippen molar-refractivity contribution in [3.05, 3.63) is 62.7 Å². The Hall–Kier alpha value is -1.21. The molecule has 0 bridgehead atoms. The summed E-state index contributed by atoms with van der Waals surface area (Å²) in [7, 11) is -3.61. The molecule has 0 amide bonds. The number of carbonyl (C=O) groups excluding carboxylic acids is 1. The van der Waals surface area contributed by atoms with Crippen LogP contribution in [-0.4, -0.2) is 20.0 Å². The molecule has 2 rings (SSSR count). The Kier molecular flexibility index (Phi) is 4.83. The van der Waals surface area contributed by atoms with Crippen LogP contribution in [0.4, 0.5) is 0 Å². The van der Waals surface area contributed by atoms with Gasteiger partial charge in [-0.2, -0.15) is 0 Å². The van der Waals surface area contributed by atoms with Crippen LogP contribution in [0.25, 0.3) is 0 Å². The van der Waals surface area contributed by atoms with Crippen LogP contribution >= 0.6 is 22.6 Å². The van der Waals surface area contributed by atoms with Crippen molar-refractivity contribution in [2.24, 2.45) is 0 Å². The Morgan fingerprint density at radius 3 is 2.19 bits per heavy atom. The first-order valence-electron chi connectivity index (χ1n) is 6.38. The fraction of sp³-hybridized carbons (Fsp3) is 0.188. The van der Waals surface area contributed by atoms with Gasteiger partial charge in [-0.05, 0) is 71.8 Å². The lowest BCUT2D eigenvalue weighted by Gasteiger charge is -2.07. The summed E-state index contributed by atoms with van der Waals surface area (Å²) in [5, 5.41) is 0. The molecule has 5 heteroatoms. The van der Waals surface area contributed by atoms with Gasteiger partial charge < -0.3 is 0 Å². The number of rotatable bonds is 4. The van der Waals surface area contributed by atoms with E-state index in [1.807, 2.05) is 13.8 Å². The molecule has 3 nitrogen and oxygen atoms in total. The maximum atomic E-state index is 12.3. The summed E-state index contributed by atoms with van der Waals surface area (Å²) < 4.78 is 25.6. The second-order valence-electron chi connectivity index (χ2n) is 4.94. The van der Waals surface area contributed by atoms with Crippen LogP contribution in [0.5, 0.6) is 0 Å². The number of carbonyl (C=O) groups is 1. The zero-order valence-corrected chi connectivity index (χ0v) is 14.7. The van der Waals surface area contributed by atoms with Gasteiger partial charge in [0, 0.05) is 9.13 Å². The molecular weight excluding hydrogens is 399 g/mol. The molecule has 0 N–H and O–H groups in total. The highest BCUT2D eigenvalue weighted by Gasteiger charge is 2.20. The highest BCUT2D eigenvalue weighted by atomic mass is 127. The van der Waals surface area contributed by atoms with E-state index in [2.05, 4.69) is 22.6 Å². The summed E-state index contributed by atoms with van der Waals surface area (Å²) in [5.74, 6) is -0.888. The van der Waals surface area contributed by atoms with Crippen molar-refractivity contribution >= 4 is 38.2 Å². The molecule has 0 saturated carbocycles. The Labute approximate surface area is 138 Å². The smallest absolute Gasteiger partial charge is 0.185 e. The Morgan fingerprint density at radius 2 is 1.62 bits per heavy atom. The molecule has 0 aromatic heterocycles. The number of sulfone groups is 1. The van der Waals surface area contributed by atoms with Crippen LogP contribution in [0.2, 0.25) is 0 Å². The summed E-state index contributed by atoms with van der Waals surface area (Å²) in [6, 6.07) is 11.8. The maximum absolute atomic E-state index is 12.3. The predicted molar refractivity (Wildman–Crippen MR) is 91.5 cm³/mol. The van der Waals surface area contributed by atoms with Crippen molar-refractivity contribution in [3.63, 3.8) is 0 Å². The number of benzene rings is 2. The molecule has 0 atom stereocenters. The minimum atomic E-state index is -3.61. The minimum Gasteiger partial charge on any atom is -0.293 e. The zero-order valence-electron chi connectivity index (χ0n) is 11.8. The number of hydrogen-bond acceptors (Lipinski definition) is 3. The van der Waals surface area contributed by atoms with Crippen LogP contribution < -0.4 is 0 Å². The molecule has 21 heavy (non-hydrogen) atoms. The molecule has 0 aliphatic rings. The molecule has 0 unspecified atom stereocenters. The first kappa shape index (κ1) is 16.2. The van der Waals surface area contributed by atoms with Crippen LogP contribution in [0.1, 0.15) is 21.5 Å². The third-order valence-electron chi connectivity index (χ3n) is 3.32. The van der Waals surface area contributed by atoms with Gasteiger partial charge in [0.05, 0.1) is 4.90 Å². The standard InChI is InChI=1S/C16H15IO3S/c1-11-3-8-15(9-12(11)2)21(19,20)10-16(18)13-4-6-14(17)7-5-13/h3-9H,10H2,1-2H3. The fourth-order valence-electron chi connectivity index (χ4n) is 1.88. The van der Waals surface area contributed by atoms with Crippen molar-refractivity contribution in [1.82, 2.24) is 0 Å². The molecule has 0 aliphatic heterocycles. The van der Waals surface area contributed by atoms with Gasteiger partial charge in [-0.3, -0.25) is 4.79 Å². The molecule has 2 aromatic carbocycles. The minimum absolute atomic E-state index is 0.199. The highest BCUT2D eigenvalue weighted by Crippen LogP contribution is 2.17. The molecule has 0 fully saturated rings. The van der Waals surface area contributed by atoms with Gasteiger partial charge >= 0.3 is 0 Å². The summed E-state index contributed by atoms with van der Waals surface area (Å²) in [6.07, 6.45) is 0. The normalized spacial score (nSPS) is 11.4. The van der Waals surface area contributed by atoms with Crippen molar-refractivity contribution in [3.8, 4) is 0 Å². The average Bonchev–Trinajstić information content (AvgIpc) is 2.42. The lowest BCUT2D eigenvalue weighted by molar-refractivity contribution is 0.102. The Morgan fingerprint density at radius 1 is 1.00 bits per heavy atom. The van der Waals surface area contributed by atoms with E-state index in [9.17, 15) is 13.2 Å². The van der Waals surface area contributed by atoms with Gasteiger partial charge in [-0.15, -0.1) is 0 Å². The molecule has 110 valence electrons. The average molecular weight is 414 g/mol. The van der Waals surface area contributed by atoms with Crippen molar-refractivity contribution in [1.29, 1.82) is 0 Å². The van der Waals surface area contributed by atoms with Crippen molar-refractivity contribution in [2.75, 3.05) is 5.75 Å². The second-order valence-corrected chi connectivity index (χ2v) is 8.17. The van der Waals surface area contributed by atoms with E-state index in [1.54, 1.807) is 42.5 Å². The van der Waals surface area contributed by atoms with Crippen molar-refractivity contribution < 1.29 is 13.2 Å². The van der Waals surface area contributed by atoms with Gasteiger partial charge in [0.1, 0.15) is 5.75 Å². The monoisotopic (exact) mass is 414 g/mol. The first-order valence-corrected chi connectivity index (χ1v) is 9.11. The predicted octanol–water partition coefficient (Wildman–Crippen LogP) is 3.56. The lowest BCUT2D eigenvalue weighted by Crippen LogP contribution is -2.16. The van der Waals surface area contributed by atoms with E-state index in [-0.39, 0.29) is 10.7 Å². The van der Waals surface area contributed by atoms with E-state index < -0.39 is 15.6 Å². The highest BCUT2D eigenvalue weighted by molar-refractivity contribution is 14.1. The molecule has 0 heterocycles. The third-order valence-corrected chi connectivity index (χ3v) is 5.66. The Bertz CT molecular complexity index is 778. The van der Waals surface area contributed by atoms with E-state index in [1.165, 1.54) is 0 Å². The topological polar surface area (TPSA) is 51.2 Å². The van der Waals surface area contributed by atoms with Crippen LogP contribution in [0, 0.1) is 17.4 Å². The number of aryl methyl sites for hydroxylation is 2. The van der Waals surface area contributed by atoms with Crippen LogP contribution in [0.15, 0.2) is 47.4 Å².